The van der Waals surface area contributed by atoms with Crippen molar-refractivity contribution in [3.05, 3.63) is 23.0 Å². The van der Waals surface area contributed by atoms with Crippen molar-refractivity contribution in [3.63, 3.8) is 0 Å². The van der Waals surface area contributed by atoms with Gasteiger partial charge in [0.2, 0.25) is 0 Å². The first kappa shape index (κ1) is 9.87. The fourth-order valence-electron chi connectivity index (χ4n) is 1.25. The molecule has 0 N–H and O–H groups in total. The molecule has 2 rings (SSSR count). The van der Waals surface area contributed by atoms with Crippen LogP contribution in [0, 0.1) is 5.92 Å². The molecule has 1 heterocycles. The standard InChI is InChI=1S/C10H13ClN2O/c11-10-4-3-9(12-13-10)7-14-6-5-8-1-2-8/h3-4,8H,1-2,5-7H2. The second-order valence-corrected chi connectivity index (χ2v) is 4.02. The van der Waals surface area contributed by atoms with Gasteiger partial charge in [0, 0.05) is 6.61 Å². The lowest BCUT2D eigenvalue weighted by Gasteiger charge is -2.01. The number of halogens is 1. The molecule has 0 amide bonds. The molecule has 0 unspecified atom stereocenters. The summed E-state index contributed by atoms with van der Waals surface area (Å²) >= 11 is 5.61. The topological polar surface area (TPSA) is 35.0 Å². The third-order valence-electron chi connectivity index (χ3n) is 2.30. The fraction of sp³-hybridized carbons (Fsp3) is 0.600. The van der Waals surface area contributed by atoms with Gasteiger partial charge >= 0.3 is 0 Å². The normalized spacial score (nSPS) is 15.8. The first-order chi connectivity index (χ1) is 6.84. The van der Waals surface area contributed by atoms with Crippen LogP contribution in [0.4, 0.5) is 0 Å². The number of hydrogen-bond acceptors (Lipinski definition) is 3. The first-order valence-electron chi connectivity index (χ1n) is 4.90. The minimum absolute atomic E-state index is 0.423. The van der Waals surface area contributed by atoms with Crippen molar-refractivity contribution in [1.29, 1.82) is 0 Å². The highest BCUT2D eigenvalue weighted by Gasteiger charge is 2.20. The van der Waals surface area contributed by atoms with Crippen molar-refractivity contribution in [1.82, 2.24) is 10.2 Å². The zero-order chi connectivity index (χ0) is 9.80. The SMILES string of the molecule is Clc1ccc(COCCC2CC2)nn1. The maximum Gasteiger partial charge on any atom is 0.151 e. The van der Waals surface area contributed by atoms with Crippen molar-refractivity contribution in [2.75, 3.05) is 6.61 Å². The second kappa shape index (κ2) is 4.71. The van der Waals surface area contributed by atoms with Crippen LogP contribution < -0.4 is 0 Å². The van der Waals surface area contributed by atoms with Crippen LogP contribution in [0.2, 0.25) is 5.15 Å². The molecule has 76 valence electrons. The van der Waals surface area contributed by atoms with E-state index in [9.17, 15) is 0 Å². The summed E-state index contributed by atoms with van der Waals surface area (Å²) in [7, 11) is 0. The third kappa shape index (κ3) is 3.24. The molecule has 0 spiro atoms. The van der Waals surface area contributed by atoms with Gasteiger partial charge in [0.25, 0.3) is 0 Å². The maximum atomic E-state index is 5.61. The Morgan fingerprint density at radius 3 is 2.86 bits per heavy atom. The predicted molar refractivity (Wildman–Crippen MR) is 54.0 cm³/mol. The van der Waals surface area contributed by atoms with Crippen molar-refractivity contribution in [3.8, 4) is 0 Å². The van der Waals surface area contributed by atoms with E-state index in [0.717, 1.165) is 18.2 Å². The average molecular weight is 213 g/mol. The number of aromatic nitrogens is 2. The van der Waals surface area contributed by atoms with Crippen molar-refractivity contribution in [2.45, 2.75) is 25.9 Å². The van der Waals surface area contributed by atoms with Crippen molar-refractivity contribution in [2.24, 2.45) is 5.92 Å². The molecular formula is C10H13ClN2O. The zero-order valence-corrected chi connectivity index (χ0v) is 8.70. The largest absolute Gasteiger partial charge is 0.375 e. The molecule has 0 aliphatic heterocycles. The highest BCUT2D eigenvalue weighted by atomic mass is 35.5. The molecule has 0 radical (unpaired) electrons. The van der Waals surface area contributed by atoms with E-state index in [4.69, 9.17) is 16.3 Å². The average Bonchev–Trinajstić information content (AvgIpc) is 2.99. The molecule has 1 saturated carbocycles. The monoisotopic (exact) mass is 212 g/mol. The summed E-state index contributed by atoms with van der Waals surface area (Å²) < 4.78 is 5.46. The maximum absolute atomic E-state index is 5.61. The van der Waals surface area contributed by atoms with Crippen molar-refractivity contribution < 1.29 is 4.74 Å². The van der Waals surface area contributed by atoms with Crippen LogP contribution in [0.5, 0.6) is 0 Å². The molecule has 1 aromatic rings. The Hall–Kier alpha value is -0.670. The summed E-state index contributed by atoms with van der Waals surface area (Å²) in [6, 6.07) is 3.57. The van der Waals surface area contributed by atoms with E-state index in [1.54, 1.807) is 6.07 Å². The summed E-state index contributed by atoms with van der Waals surface area (Å²) in [4.78, 5) is 0. The van der Waals surface area contributed by atoms with Gasteiger partial charge < -0.3 is 4.74 Å². The van der Waals surface area contributed by atoms with Crippen LogP contribution >= 0.6 is 11.6 Å². The Kier molecular flexibility index (Phi) is 3.32. The first-order valence-corrected chi connectivity index (χ1v) is 5.28. The Morgan fingerprint density at radius 2 is 2.21 bits per heavy atom. The van der Waals surface area contributed by atoms with E-state index < -0.39 is 0 Å². The number of hydrogen-bond donors (Lipinski definition) is 0. The van der Waals surface area contributed by atoms with Crippen LogP contribution in [0.1, 0.15) is 25.0 Å². The molecule has 0 bridgehead atoms. The molecule has 1 fully saturated rings. The van der Waals surface area contributed by atoms with Crippen LogP contribution in [0.3, 0.4) is 0 Å². The summed E-state index contributed by atoms with van der Waals surface area (Å²) in [5.74, 6) is 0.923. The lowest BCUT2D eigenvalue weighted by molar-refractivity contribution is 0.112. The fourth-order valence-corrected chi connectivity index (χ4v) is 1.35. The highest BCUT2D eigenvalue weighted by molar-refractivity contribution is 6.29. The molecule has 1 aliphatic carbocycles. The molecule has 0 aromatic carbocycles. The molecule has 1 aromatic heterocycles. The lowest BCUT2D eigenvalue weighted by atomic mass is 10.3. The van der Waals surface area contributed by atoms with E-state index in [1.165, 1.54) is 19.3 Å². The third-order valence-corrected chi connectivity index (χ3v) is 2.51. The lowest BCUT2D eigenvalue weighted by Crippen LogP contribution is -1.99. The van der Waals surface area contributed by atoms with Gasteiger partial charge in [-0.1, -0.05) is 24.4 Å². The molecular weight excluding hydrogens is 200 g/mol. The predicted octanol–water partition coefficient (Wildman–Crippen LogP) is 2.45. The number of nitrogens with zero attached hydrogens (tertiary/aromatic N) is 2. The smallest absolute Gasteiger partial charge is 0.151 e. The van der Waals surface area contributed by atoms with Crippen LogP contribution in [0.15, 0.2) is 12.1 Å². The van der Waals surface area contributed by atoms with Crippen LogP contribution in [-0.2, 0) is 11.3 Å². The highest BCUT2D eigenvalue weighted by Crippen LogP contribution is 2.32. The van der Waals surface area contributed by atoms with Gasteiger partial charge in [0.1, 0.15) is 0 Å². The summed E-state index contributed by atoms with van der Waals surface area (Å²) in [6.07, 6.45) is 3.94. The van der Waals surface area contributed by atoms with Gasteiger partial charge in [0.15, 0.2) is 5.15 Å². The summed E-state index contributed by atoms with van der Waals surface area (Å²) in [5.41, 5.74) is 0.838. The van der Waals surface area contributed by atoms with E-state index in [2.05, 4.69) is 10.2 Å². The van der Waals surface area contributed by atoms with Gasteiger partial charge in [-0.25, -0.2) is 0 Å². The molecule has 3 nitrogen and oxygen atoms in total. The molecule has 0 saturated heterocycles. The van der Waals surface area contributed by atoms with Crippen LogP contribution in [-0.4, -0.2) is 16.8 Å². The molecule has 0 atom stereocenters. The molecule has 1 aliphatic rings. The van der Waals surface area contributed by atoms with Gasteiger partial charge in [-0.3, -0.25) is 0 Å². The molecule has 14 heavy (non-hydrogen) atoms. The van der Waals surface area contributed by atoms with E-state index in [0.29, 0.717) is 11.8 Å². The quantitative estimate of drug-likeness (QED) is 0.704. The number of rotatable bonds is 5. The van der Waals surface area contributed by atoms with E-state index in [-0.39, 0.29) is 0 Å². The van der Waals surface area contributed by atoms with Crippen molar-refractivity contribution >= 4 is 11.6 Å². The van der Waals surface area contributed by atoms with Gasteiger partial charge in [-0.15, -0.1) is 5.10 Å². The minimum Gasteiger partial charge on any atom is -0.375 e. The Bertz CT molecular complexity index is 285. The summed E-state index contributed by atoms with van der Waals surface area (Å²) in [5, 5.41) is 8.07. The zero-order valence-electron chi connectivity index (χ0n) is 7.95. The minimum atomic E-state index is 0.423. The van der Waals surface area contributed by atoms with Gasteiger partial charge in [-0.2, -0.15) is 5.10 Å². The Labute approximate surface area is 88.4 Å². The summed E-state index contributed by atoms with van der Waals surface area (Å²) in [6.45, 7) is 1.37. The Balaban J connectivity index is 1.66. The second-order valence-electron chi connectivity index (χ2n) is 3.63. The van der Waals surface area contributed by atoms with Gasteiger partial charge in [0.05, 0.1) is 12.3 Å². The molecule has 4 heteroatoms. The Morgan fingerprint density at radius 1 is 1.36 bits per heavy atom. The van der Waals surface area contributed by atoms with Crippen LogP contribution in [0.25, 0.3) is 0 Å². The van der Waals surface area contributed by atoms with Gasteiger partial charge in [-0.05, 0) is 24.5 Å². The number of ether oxygens (including phenoxy) is 1. The van der Waals surface area contributed by atoms with E-state index >= 15 is 0 Å². The van der Waals surface area contributed by atoms with E-state index in [1.807, 2.05) is 6.07 Å².